The van der Waals surface area contributed by atoms with Crippen LogP contribution in [0.15, 0.2) is 24.4 Å². The SMILES string of the molecule is Cc1cn2c(C3(N)CC3)cccc2n1. The summed E-state index contributed by atoms with van der Waals surface area (Å²) in [4.78, 5) is 4.42. The van der Waals surface area contributed by atoms with E-state index in [0.717, 1.165) is 24.2 Å². The van der Waals surface area contributed by atoms with Gasteiger partial charge in [-0.3, -0.25) is 0 Å². The summed E-state index contributed by atoms with van der Waals surface area (Å²) in [5.41, 5.74) is 9.33. The van der Waals surface area contributed by atoms with Crippen LogP contribution in [0.3, 0.4) is 0 Å². The maximum absolute atomic E-state index is 6.19. The first-order chi connectivity index (χ1) is 6.69. The third kappa shape index (κ3) is 0.990. The predicted octanol–water partition coefficient (Wildman–Crippen LogP) is 1.59. The van der Waals surface area contributed by atoms with Crippen molar-refractivity contribution in [2.45, 2.75) is 25.3 Å². The first kappa shape index (κ1) is 8.00. The largest absolute Gasteiger partial charge is 0.320 e. The monoisotopic (exact) mass is 187 g/mol. The van der Waals surface area contributed by atoms with E-state index in [2.05, 4.69) is 21.6 Å². The highest BCUT2D eigenvalue weighted by Gasteiger charge is 2.41. The predicted molar refractivity (Wildman–Crippen MR) is 55.0 cm³/mol. The van der Waals surface area contributed by atoms with Crippen molar-refractivity contribution in [3.05, 3.63) is 35.8 Å². The average Bonchev–Trinajstić information content (AvgIpc) is 2.78. The topological polar surface area (TPSA) is 43.3 Å². The van der Waals surface area contributed by atoms with E-state index in [-0.39, 0.29) is 5.54 Å². The van der Waals surface area contributed by atoms with E-state index in [0.29, 0.717) is 0 Å². The molecule has 2 aromatic rings. The fraction of sp³-hybridized carbons (Fsp3) is 0.364. The molecule has 1 fully saturated rings. The summed E-state index contributed by atoms with van der Waals surface area (Å²) >= 11 is 0. The van der Waals surface area contributed by atoms with Gasteiger partial charge in [-0.2, -0.15) is 0 Å². The Morgan fingerprint density at radius 2 is 2.21 bits per heavy atom. The van der Waals surface area contributed by atoms with Gasteiger partial charge in [0.2, 0.25) is 0 Å². The molecule has 3 rings (SSSR count). The lowest BCUT2D eigenvalue weighted by atomic mass is 10.2. The number of hydrogen-bond donors (Lipinski definition) is 1. The second-order valence-electron chi connectivity index (χ2n) is 4.18. The van der Waals surface area contributed by atoms with Crippen molar-refractivity contribution >= 4 is 5.65 Å². The molecule has 1 aliphatic carbocycles. The Kier molecular flexibility index (Phi) is 1.35. The number of fused-ring (bicyclic) bond motifs is 1. The van der Waals surface area contributed by atoms with Crippen LogP contribution in [0.2, 0.25) is 0 Å². The van der Waals surface area contributed by atoms with Crippen molar-refractivity contribution in [2.24, 2.45) is 5.73 Å². The number of nitrogens with zero attached hydrogens (tertiary/aromatic N) is 2. The summed E-state index contributed by atoms with van der Waals surface area (Å²) in [5, 5.41) is 0. The van der Waals surface area contributed by atoms with Crippen LogP contribution in [0, 0.1) is 6.92 Å². The van der Waals surface area contributed by atoms with Crippen LogP contribution >= 0.6 is 0 Å². The number of imidazole rings is 1. The van der Waals surface area contributed by atoms with Crippen LogP contribution in [0.4, 0.5) is 0 Å². The molecule has 0 bridgehead atoms. The molecule has 0 spiro atoms. The van der Waals surface area contributed by atoms with E-state index in [1.807, 2.05) is 19.1 Å². The maximum Gasteiger partial charge on any atom is 0.137 e. The van der Waals surface area contributed by atoms with Gasteiger partial charge in [0.15, 0.2) is 0 Å². The maximum atomic E-state index is 6.19. The van der Waals surface area contributed by atoms with Crippen molar-refractivity contribution in [1.82, 2.24) is 9.38 Å². The lowest BCUT2D eigenvalue weighted by molar-refractivity contribution is 0.694. The molecule has 2 aromatic heterocycles. The van der Waals surface area contributed by atoms with Gasteiger partial charge in [-0.15, -0.1) is 0 Å². The van der Waals surface area contributed by atoms with Crippen molar-refractivity contribution in [2.75, 3.05) is 0 Å². The number of rotatable bonds is 1. The summed E-state index contributed by atoms with van der Waals surface area (Å²) < 4.78 is 2.11. The molecule has 3 nitrogen and oxygen atoms in total. The van der Waals surface area contributed by atoms with Gasteiger partial charge in [-0.25, -0.2) is 4.98 Å². The van der Waals surface area contributed by atoms with Crippen molar-refractivity contribution in [3.63, 3.8) is 0 Å². The van der Waals surface area contributed by atoms with Crippen LogP contribution in [0.25, 0.3) is 5.65 Å². The van der Waals surface area contributed by atoms with Gasteiger partial charge in [-0.05, 0) is 31.9 Å². The quantitative estimate of drug-likeness (QED) is 0.736. The smallest absolute Gasteiger partial charge is 0.137 e. The van der Waals surface area contributed by atoms with Crippen LogP contribution < -0.4 is 5.73 Å². The van der Waals surface area contributed by atoms with Crippen LogP contribution in [-0.4, -0.2) is 9.38 Å². The normalized spacial score (nSPS) is 18.7. The van der Waals surface area contributed by atoms with Gasteiger partial charge in [0.25, 0.3) is 0 Å². The average molecular weight is 187 g/mol. The molecule has 72 valence electrons. The number of aromatic nitrogens is 2. The number of nitrogens with two attached hydrogens (primary N) is 1. The summed E-state index contributed by atoms with van der Waals surface area (Å²) in [5.74, 6) is 0. The molecule has 0 radical (unpaired) electrons. The van der Waals surface area contributed by atoms with E-state index in [4.69, 9.17) is 5.73 Å². The first-order valence-electron chi connectivity index (χ1n) is 4.93. The molecule has 1 saturated carbocycles. The second kappa shape index (κ2) is 2.36. The van der Waals surface area contributed by atoms with E-state index >= 15 is 0 Å². The number of aryl methyl sites for hydroxylation is 1. The highest BCUT2D eigenvalue weighted by Crippen LogP contribution is 2.42. The van der Waals surface area contributed by atoms with Crippen LogP contribution in [0.1, 0.15) is 24.2 Å². The summed E-state index contributed by atoms with van der Waals surface area (Å²) in [6.45, 7) is 2.01. The first-order valence-corrected chi connectivity index (χ1v) is 4.93. The molecule has 2 heterocycles. The third-order valence-electron chi connectivity index (χ3n) is 2.91. The molecular weight excluding hydrogens is 174 g/mol. The van der Waals surface area contributed by atoms with Crippen LogP contribution in [0.5, 0.6) is 0 Å². The molecular formula is C11H13N3. The Morgan fingerprint density at radius 1 is 1.43 bits per heavy atom. The van der Waals surface area contributed by atoms with Crippen molar-refractivity contribution < 1.29 is 0 Å². The van der Waals surface area contributed by atoms with E-state index in [1.54, 1.807) is 0 Å². The molecule has 0 unspecified atom stereocenters. The van der Waals surface area contributed by atoms with Crippen molar-refractivity contribution in [3.8, 4) is 0 Å². The minimum absolute atomic E-state index is 0.0906. The lowest BCUT2D eigenvalue weighted by Crippen LogP contribution is -2.21. The van der Waals surface area contributed by atoms with Gasteiger partial charge in [0.1, 0.15) is 5.65 Å². The Morgan fingerprint density at radius 3 is 2.93 bits per heavy atom. The fourth-order valence-electron chi connectivity index (χ4n) is 1.93. The Bertz CT molecular complexity index is 494. The molecule has 14 heavy (non-hydrogen) atoms. The Labute approximate surface area is 82.6 Å². The highest BCUT2D eigenvalue weighted by atomic mass is 15.0. The minimum Gasteiger partial charge on any atom is -0.320 e. The summed E-state index contributed by atoms with van der Waals surface area (Å²) in [6.07, 6.45) is 4.23. The van der Waals surface area contributed by atoms with E-state index in [9.17, 15) is 0 Å². The van der Waals surface area contributed by atoms with E-state index < -0.39 is 0 Å². The number of pyridine rings is 1. The minimum atomic E-state index is -0.0906. The molecule has 0 saturated heterocycles. The molecule has 0 aliphatic heterocycles. The van der Waals surface area contributed by atoms with Gasteiger partial charge in [0.05, 0.1) is 11.2 Å². The third-order valence-corrected chi connectivity index (χ3v) is 2.91. The lowest BCUT2D eigenvalue weighted by Gasteiger charge is -2.11. The summed E-state index contributed by atoms with van der Waals surface area (Å²) in [7, 11) is 0. The molecule has 0 aromatic carbocycles. The molecule has 0 atom stereocenters. The standard InChI is InChI=1S/C11H13N3/c1-8-7-14-9(11(12)5-6-11)3-2-4-10(14)13-8/h2-4,7H,5-6,12H2,1H3. The Hall–Kier alpha value is -1.35. The molecule has 3 heteroatoms. The second-order valence-corrected chi connectivity index (χ2v) is 4.18. The van der Waals surface area contributed by atoms with Crippen molar-refractivity contribution in [1.29, 1.82) is 0 Å². The van der Waals surface area contributed by atoms with E-state index in [1.165, 1.54) is 5.69 Å². The zero-order valence-corrected chi connectivity index (χ0v) is 8.20. The van der Waals surface area contributed by atoms with Gasteiger partial charge in [0, 0.05) is 11.9 Å². The molecule has 2 N–H and O–H groups in total. The zero-order chi connectivity index (χ0) is 9.76. The van der Waals surface area contributed by atoms with Crippen LogP contribution in [-0.2, 0) is 5.54 Å². The molecule has 0 amide bonds. The zero-order valence-electron chi connectivity index (χ0n) is 8.20. The van der Waals surface area contributed by atoms with Gasteiger partial charge < -0.3 is 10.1 Å². The van der Waals surface area contributed by atoms with Gasteiger partial charge in [-0.1, -0.05) is 6.07 Å². The fourth-order valence-corrected chi connectivity index (χ4v) is 1.93. The van der Waals surface area contributed by atoms with Gasteiger partial charge >= 0.3 is 0 Å². The highest BCUT2D eigenvalue weighted by molar-refractivity contribution is 5.44. The number of hydrogen-bond acceptors (Lipinski definition) is 2. The summed E-state index contributed by atoms with van der Waals surface area (Å²) in [6, 6.07) is 6.15. The molecule has 1 aliphatic rings. The Balaban J connectivity index is 2.32.